The molecule has 2 unspecified atom stereocenters. The summed E-state index contributed by atoms with van der Waals surface area (Å²) in [6.07, 6.45) is 4.10. The number of nitrogens with one attached hydrogen (secondary N) is 1. The van der Waals surface area contributed by atoms with Gasteiger partial charge in [-0.05, 0) is 61.0 Å². The molecule has 1 fully saturated rings. The number of rotatable bonds is 10. The minimum Gasteiger partial charge on any atom is -0.468 e. The average Bonchev–Trinajstić information content (AvgIpc) is 3.71. The highest BCUT2D eigenvalue weighted by Gasteiger charge is 2.30. The van der Waals surface area contributed by atoms with E-state index in [1.54, 1.807) is 37.3 Å². The van der Waals surface area contributed by atoms with Gasteiger partial charge in [0.1, 0.15) is 23.3 Å². The van der Waals surface area contributed by atoms with Gasteiger partial charge in [-0.3, -0.25) is 13.8 Å². The molecule has 2 heterocycles. The lowest BCUT2D eigenvalue weighted by molar-refractivity contribution is -0.142. The van der Waals surface area contributed by atoms with E-state index in [-0.39, 0.29) is 12.8 Å². The molecule has 0 radical (unpaired) electrons. The van der Waals surface area contributed by atoms with Gasteiger partial charge in [-0.2, -0.15) is 0 Å². The second kappa shape index (κ2) is 19.9. The summed E-state index contributed by atoms with van der Waals surface area (Å²) < 4.78 is 44.7. The summed E-state index contributed by atoms with van der Waals surface area (Å²) in [6, 6.07) is 15.2. The Bertz CT molecular complexity index is 1240. The Kier molecular flexibility index (Phi) is 17.5. The van der Waals surface area contributed by atoms with E-state index in [2.05, 4.69) is 11.7 Å². The molecule has 2 atom stereocenters. The molecular weight excluding hydrogens is 568 g/mol. The number of methoxy groups -OCH3 is 1. The van der Waals surface area contributed by atoms with E-state index in [1.807, 2.05) is 38.1 Å². The second-order valence-electron chi connectivity index (χ2n) is 8.30. The first kappa shape index (κ1) is 36.0. The first-order valence-corrected chi connectivity index (χ1v) is 15.9. The van der Waals surface area contributed by atoms with Gasteiger partial charge in [0.05, 0.1) is 20.4 Å². The average molecular weight is 610 g/mol. The third-order valence-electron chi connectivity index (χ3n) is 5.27. The van der Waals surface area contributed by atoms with Gasteiger partial charge >= 0.3 is 19.5 Å². The van der Waals surface area contributed by atoms with Gasteiger partial charge < -0.3 is 18.7 Å². The minimum atomic E-state index is -3.54. The van der Waals surface area contributed by atoms with Gasteiger partial charge in [0.2, 0.25) is 0 Å². The van der Waals surface area contributed by atoms with Crippen molar-refractivity contribution in [2.75, 3.05) is 34.1 Å². The van der Waals surface area contributed by atoms with Gasteiger partial charge in [-0.15, -0.1) is 11.3 Å². The molecule has 0 aliphatic carbocycles. The van der Waals surface area contributed by atoms with E-state index in [0.29, 0.717) is 17.8 Å². The number of hydrogen-bond donors (Lipinski definition) is 1. The van der Waals surface area contributed by atoms with Crippen LogP contribution in [0.25, 0.3) is 10.1 Å². The Balaban J connectivity index is 0.000000813. The Labute approximate surface area is 246 Å². The highest BCUT2D eigenvalue weighted by atomic mass is 32.1. The van der Waals surface area contributed by atoms with Crippen LogP contribution in [0.15, 0.2) is 67.3 Å². The van der Waals surface area contributed by atoms with Crippen molar-refractivity contribution in [1.29, 1.82) is 0 Å². The highest BCUT2D eigenvalue weighted by Crippen LogP contribution is 2.47. The zero-order valence-electron chi connectivity index (χ0n) is 24.4. The predicted octanol–water partition coefficient (Wildman–Crippen LogP) is 7.58. The molecule has 11 heteroatoms. The Hall–Kier alpha value is -3.04. The van der Waals surface area contributed by atoms with Crippen LogP contribution in [-0.4, -0.2) is 52.1 Å². The summed E-state index contributed by atoms with van der Waals surface area (Å²) in [5, 5.41) is 3.64. The molecule has 1 saturated heterocycles. The van der Waals surface area contributed by atoms with E-state index >= 15 is 0 Å². The van der Waals surface area contributed by atoms with Crippen LogP contribution in [0, 0.1) is 0 Å². The first-order chi connectivity index (χ1) is 19.8. The molecule has 0 bridgehead atoms. The number of thiophene rings is 1. The topological polar surface area (TPSA) is 100 Å². The molecule has 8 nitrogen and oxygen atoms in total. The third kappa shape index (κ3) is 12.6. The number of benzene rings is 2. The van der Waals surface area contributed by atoms with Crippen LogP contribution in [-0.2, 0) is 29.7 Å². The first-order valence-electron chi connectivity index (χ1n) is 13.3. The SMILES string of the molecule is C1CCOC1.C=CCOC(=O)c1cc2cc(CP(=O)(NC(C)C(=O)OC)Oc3ccccc3)ccc2s1.CC.CF. The molecule has 0 spiro atoms. The fourth-order valence-corrected chi connectivity index (χ4v) is 6.51. The van der Waals surface area contributed by atoms with Crippen molar-refractivity contribution >= 4 is 40.9 Å². The van der Waals surface area contributed by atoms with E-state index in [9.17, 15) is 18.5 Å². The molecule has 41 heavy (non-hydrogen) atoms. The van der Waals surface area contributed by atoms with Crippen molar-refractivity contribution in [3.05, 3.63) is 77.7 Å². The van der Waals surface area contributed by atoms with Crippen molar-refractivity contribution in [2.45, 2.75) is 45.8 Å². The maximum Gasteiger partial charge on any atom is 0.348 e. The minimum absolute atomic E-state index is 0.0330. The number of ether oxygens (including phenoxy) is 3. The van der Waals surface area contributed by atoms with Crippen LogP contribution in [0.3, 0.4) is 0 Å². The molecule has 3 aromatic rings. The quantitative estimate of drug-likeness (QED) is 0.143. The van der Waals surface area contributed by atoms with Crippen molar-refractivity contribution < 1.29 is 37.3 Å². The molecule has 1 aliphatic heterocycles. The van der Waals surface area contributed by atoms with Gasteiger partial charge in [0, 0.05) is 17.9 Å². The number of halogens is 1. The molecule has 1 N–H and O–H groups in total. The third-order valence-corrected chi connectivity index (χ3v) is 8.44. The Morgan fingerprint density at radius 1 is 1.12 bits per heavy atom. The van der Waals surface area contributed by atoms with E-state index in [4.69, 9.17) is 18.7 Å². The van der Waals surface area contributed by atoms with Gasteiger partial charge in [-0.25, -0.2) is 9.88 Å². The van der Waals surface area contributed by atoms with Crippen molar-refractivity contribution in [2.24, 2.45) is 0 Å². The summed E-state index contributed by atoms with van der Waals surface area (Å²) in [5.41, 5.74) is 0.727. The summed E-state index contributed by atoms with van der Waals surface area (Å²) in [5.74, 6) is -0.540. The van der Waals surface area contributed by atoms with Crippen molar-refractivity contribution in [3.63, 3.8) is 0 Å². The maximum absolute atomic E-state index is 13.7. The van der Waals surface area contributed by atoms with Crippen LogP contribution < -0.4 is 9.61 Å². The van der Waals surface area contributed by atoms with Gasteiger partial charge in [0.25, 0.3) is 0 Å². The van der Waals surface area contributed by atoms with E-state index in [0.717, 1.165) is 28.9 Å². The number of carbonyl (C=O) groups excluding carboxylic acids is 2. The molecule has 1 aliphatic rings. The number of esters is 2. The van der Waals surface area contributed by atoms with E-state index in [1.165, 1.54) is 37.4 Å². The Morgan fingerprint density at radius 3 is 2.34 bits per heavy atom. The van der Waals surface area contributed by atoms with Gasteiger partial charge in [-0.1, -0.05) is 50.8 Å². The number of alkyl halides is 1. The fraction of sp³-hybridized carbons (Fsp3) is 0.400. The molecule has 4 rings (SSSR count). The molecule has 0 saturated carbocycles. The number of para-hydroxylation sites is 1. The lowest BCUT2D eigenvalue weighted by Gasteiger charge is -2.23. The number of fused-ring (bicyclic) bond motifs is 1. The summed E-state index contributed by atoms with van der Waals surface area (Å²) in [7, 11) is -1.77. The number of carbonyl (C=O) groups is 2. The van der Waals surface area contributed by atoms with Crippen LogP contribution in [0.2, 0.25) is 0 Å². The monoisotopic (exact) mass is 609 g/mol. The van der Waals surface area contributed by atoms with Crippen LogP contribution in [0.5, 0.6) is 5.75 Å². The highest BCUT2D eigenvalue weighted by molar-refractivity contribution is 7.56. The maximum atomic E-state index is 13.7. The van der Waals surface area contributed by atoms with Crippen LogP contribution >= 0.6 is 18.9 Å². The zero-order chi connectivity index (χ0) is 30.7. The molecule has 1 aromatic heterocycles. The molecular formula is C30H41FNO7PS. The van der Waals surface area contributed by atoms with Crippen molar-refractivity contribution in [3.8, 4) is 5.75 Å². The summed E-state index contributed by atoms with van der Waals surface area (Å²) >= 11 is 1.32. The molecule has 226 valence electrons. The lowest BCUT2D eigenvalue weighted by Crippen LogP contribution is -2.34. The van der Waals surface area contributed by atoms with Crippen molar-refractivity contribution in [1.82, 2.24) is 5.09 Å². The largest absolute Gasteiger partial charge is 0.468 e. The fourth-order valence-electron chi connectivity index (χ4n) is 3.53. The Morgan fingerprint density at radius 2 is 1.78 bits per heavy atom. The summed E-state index contributed by atoms with van der Waals surface area (Å²) in [6.45, 7) is 11.2. The van der Waals surface area contributed by atoms with Gasteiger partial charge in [0.15, 0.2) is 0 Å². The molecule has 0 amide bonds. The summed E-state index contributed by atoms with van der Waals surface area (Å²) in [4.78, 5) is 24.5. The zero-order valence-corrected chi connectivity index (χ0v) is 26.1. The smallest absolute Gasteiger partial charge is 0.348 e. The second-order valence-corrected chi connectivity index (χ2v) is 11.5. The van der Waals surface area contributed by atoms with E-state index < -0.39 is 25.5 Å². The normalized spacial score (nSPS) is 13.9. The lowest BCUT2D eigenvalue weighted by atomic mass is 10.2. The van der Waals surface area contributed by atoms with Crippen LogP contribution in [0.1, 0.15) is 48.8 Å². The number of hydrogen-bond acceptors (Lipinski definition) is 8. The standard InChI is InChI=1S/C23H24NO6PS.C4H8O.C2H6.CH3F/c1-4-12-29-23(26)21-14-18-13-17(10-11-20(18)32-21)15-31(27,24-16(2)22(25)28-3)30-19-8-6-5-7-9-19;1-2-4-5-3-1;2*1-2/h4-11,13-14,16H,1,12,15H2,2-3H3,(H,24,27);1-4H2;1-2H3;1H3. The molecule has 2 aromatic carbocycles. The predicted molar refractivity (Wildman–Crippen MR) is 164 cm³/mol. The van der Waals surface area contributed by atoms with Crippen LogP contribution in [0.4, 0.5) is 4.39 Å².